The quantitative estimate of drug-likeness (QED) is 0.671. The molecular weight excluding hydrogens is 395 g/mol. The molecule has 0 saturated carbocycles. The van der Waals surface area contributed by atoms with Crippen LogP contribution >= 0.6 is 0 Å². The number of anilines is 1. The third-order valence-corrected chi connectivity index (χ3v) is 6.62. The largest absolute Gasteiger partial charge is 0.305 e. The number of hydrogen-bond acceptors (Lipinski definition) is 4. The Labute approximate surface area is 167 Å². The standard InChI is InChI=1S/C20H19FN4O3S/c21-16-8-6-15(7-9-16)20(26)22-19-17-12-25(11-10-18(17)23-24-19)29(27,28)13-14-4-2-1-3-5-14/h1-9H,10-13H2,(H2,22,23,24,26). The summed E-state index contributed by atoms with van der Waals surface area (Å²) in [7, 11) is -3.52. The van der Waals surface area contributed by atoms with Crippen LogP contribution in [0, 0.1) is 5.82 Å². The van der Waals surface area contributed by atoms with E-state index in [4.69, 9.17) is 0 Å². The van der Waals surface area contributed by atoms with Gasteiger partial charge < -0.3 is 5.32 Å². The molecule has 0 unspecified atom stereocenters. The van der Waals surface area contributed by atoms with Crippen molar-refractivity contribution in [3.05, 3.63) is 82.8 Å². The van der Waals surface area contributed by atoms with Gasteiger partial charge in [-0.3, -0.25) is 9.89 Å². The van der Waals surface area contributed by atoms with Crippen LogP contribution in [0.5, 0.6) is 0 Å². The lowest BCUT2D eigenvalue weighted by atomic mass is 10.1. The second-order valence-electron chi connectivity index (χ2n) is 6.82. The number of aromatic nitrogens is 2. The van der Waals surface area contributed by atoms with E-state index in [0.29, 0.717) is 18.5 Å². The number of sulfonamides is 1. The number of nitrogens with one attached hydrogen (secondary N) is 2. The minimum Gasteiger partial charge on any atom is -0.305 e. The van der Waals surface area contributed by atoms with Gasteiger partial charge in [0, 0.05) is 36.3 Å². The second kappa shape index (κ2) is 7.76. The smallest absolute Gasteiger partial charge is 0.256 e. The van der Waals surface area contributed by atoms with Crippen LogP contribution in [0.15, 0.2) is 54.6 Å². The van der Waals surface area contributed by atoms with E-state index in [9.17, 15) is 17.6 Å². The van der Waals surface area contributed by atoms with Crippen molar-refractivity contribution >= 4 is 21.7 Å². The Balaban J connectivity index is 1.51. The van der Waals surface area contributed by atoms with Crippen molar-refractivity contribution in [2.24, 2.45) is 0 Å². The van der Waals surface area contributed by atoms with Crippen LogP contribution in [0.25, 0.3) is 0 Å². The van der Waals surface area contributed by atoms with Gasteiger partial charge in [0.15, 0.2) is 5.82 Å². The number of halogens is 1. The lowest BCUT2D eigenvalue weighted by molar-refractivity contribution is 0.102. The van der Waals surface area contributed by atoms with Gasteiger partial charge in [-0.05, 0) is 29.8 Å². The number of benzene rings is 2. The highest BCUT2D eigenvalue weighted by Gasteiger charge is 2.30. The molecule has 0 fully saturated rings. The molecule has 1 aromatic heterocycles. The van der Waals surface area contributed by atoms with Crippen molar-refractivity contribution in [3.63, 3.8) is 0 Å². The number of carbonyl (C=O) groups excluding carboxylic acids is 1. The van der Waals surface area contributed by atoms with Crippen LogP contribution in [0.4, 0.5) is 10.2 Å². The predicted molar refractivity (Wildman–Crippen MR) is 106 cm³/mol. The summed E-state index contributed by atoms with van der Waals surface area (Å²) in [5.41, 5.74) is 2.44. The monoisotopic (exact) mass is 414 g/mol. The van der Waals surface area contributed by atoms with E-state index in [0.717, 1.165) is 11.3 Å². The third kappa shape index (κ3) is 4.20. The zero-order chi connectivity index (χ0) is 20.4. The van der Waals surface area contributed by atoms with E-state index in [1.165, 1.54) is 28.6 Å². The predicted octanol–water partition coefficient (Wildman–Crippen LogP) is 2.69. The Hall–Kier alpha value is -3.04. The first-order chi connectivity index (χ1) is 13.9. The molecule has 9 heteroatoms. The summed E-state index contributed by atoms with van der Waals surface area (Å²) in [5, 5.41) is 9.68. The summed E-state index contributed by atoms with van der Waals surface area (Å²) in [6.45, 7) is 0.468. The molecule has 3 aromatic rings. The van der Waals surface area contributed by atoms with Crippen LogP contribution in [0.2, 0.25) is 0 Å². The maximum atomic E-state index is 13.1. The van der Waals surface area contributed by atoms with Gasteiger partial charge in [-0.15, -0.1) is 0 Å². The molecule has 4 rings (SSSR count). The first kappa shape index (κ1) is 19.3. The highest BCUT2D eigenvalue weighted by Crippen LogP contribution is 2.27. The SMILES string of the molecule is O=C(Nc1n[nH]c2c1CN(S(=O)(=O)Cc1ccccc1)CC2)c1ccc(F)cc1. The molecule has 0 bridgehead atoms. The van der Waals surface area contributed by atoms with Crippen molar-refractivity contribution in [2.45, 2.75) is 18.7 Å². The van der Waals surface area contributed by atoms with Crippen molar-refractivity contribution in [2.75, 3.05) is 11.9 Å². The summed E-state index contributed by atoms with van der Waals surface area (Å²) in [6, 6.07) is 14.2. The second-order valence-corrected chi connectivity index (χ2v) is 8.78. The highest BCUT2D eigenvalue weighted by atomic mass is 32.2. The Morgan fingerprint density at radius 2 is 1.86 bits per heavy atom. The Kier molecular flexibility index (Phi) is 5.16. The summed E-state index contributed by atoms with van der Waals surface area (Å²) >= 11 is 0. The van der Waals surface area contributed by atoms with Gasteiger partial charge in [-0.25, -0.2) is 12.8 Å². The number of H-pyrrole nitrogens is 1. The molecule has 0 radical (unpaired) electrons. The maximum Gasteiger partial charge on any atom is 0.256 e. The van der Waals surface area contributed by atoms with E-state index >= 15 is 0 Å². The average molecular weight is 414 g/mol. The molecule has 2 heterocycles. The van der Waals surface area contributed by atoms with Crippen molar-refractivity contribution in [1.29, 1.82) is 0 Å². The van der Waals surface area contributed by atoms with E-state index < -0.39 is 21.7 Å². The molecule has 0 saturated heterocycles. The molecule has 150 valence electrons. The first-order valence-electron chi connectivity index (χ1n) is 9.07. The topological polar surface area (TPSA) is 95.2 Å². The van der Waals surface area contributed by atoms with Crippen molar-refractivity contribution in [1.82, 2.24) is 14.5 Å². The number of aromatic amines is 1. The third-order valence-electron chi connectivity index (χ3n) is 4.82. The molecule has 1 aliphatic rings. The zero-order valence-corrected chi connectivity index (χ0v) is 16.2. The van der Waals surface area contributed by atoms with Gasteiger partial charge >= 0.3 is 0 Å². The van der Waals surface area contributed by atoms with E-state index in [2.05, 4.69) is 15.5 Å². The van der Waals surface area contributed by atoms with Crippen LogP contribution in [0.1, 0.15) is 27.2 Å². The summed E-state index contributed by atoms with van der Waals surface area (Å²) in [6.07, 6.45) is 0.475. The Bertz CT molecular complexity index is 1130. The molecule has 0 atom stereocenters. The van der Waals surface area contributed by atoms with Gasteiger partial charge in [0.2, 0.25) is 10.0 Å². The number of amides is 1. The Morgan fingerprint density at radius 3 is 2.59 bits per heavy atom. The summed E-state index contributed by atoms with van der Waals surface area (Å²) in [4.78, 5) is 12.4. The molecule has 1 aliphatic heterocycles. The number of rotatable bonds is 5. The number of hydrogen-bond donors (Lipinski definition) is 2. The fraction of sp³-hybridized carbons (Fsp3) is 0.200. The molecular formula is C20H19FN4O3S. The van der Waals surface area contributed by atoms with Crippen LogP contribution in [-0.2, 0) is 28.7 Å². The van der Waals surface area contributed by atoms with Crippen LogP contribution in [0.3, 0.4) is 0 Å². The Morgan fingerprint density at radius 1 is 1.14 bits per heavy atom. The molecule has 7 nitrogen and oxygen atoms in total. The van der Waals surface area contributed by atoms with E-state index in [1.54, 1.807) is 24.3 Å². The molecule has 29 heavy (non-hydrogen) atoms. The minimum atomic E-state index is -3.52. The number of fused-ring (bicyclic) bond motifs is 1. The normalized spacial score (nSPS) is 14.4. The molecule has 0 spiro atoms. The van der Waals surface area contributed by atoms with Crippen LogP contribution < -0.4 is 5.32 Å². The molecule has 0 aliphatic carbocycles. The van der Waals surface area contributed by atoms with Gasteiger partial charge in [0.05, 0.1) is 5.75 Å². The zero-order valence-electron chi connectivity index (χ0n) is 15.4. The van der Waals surface area contributed by atoms with Gasteiger partial charge in [-0.1, -0.05) is 30.3 Å². The summed E-state index contributed by atoms with van der Waals surface area (Å²) in [5.74, 6) is -0.673. The summed E-state index contributed by atoms with van der Waals surface area (Å²) < 4.78 is 40.2. The lowest BCUT2D eigenvalue weighted by Crippen LogP contribution is -2.36. The fourth-order valence-electron chi connectivity index (χ4n) is 3.27. The van der Waals surface area contributed by atoms with Crippen molar-refractivity contribution in [3.8, 4) is 0 Å². The van der Waals surface area contributed by atoms with E-state index in [-0.39, 0.29) is 23.7 Å². The van der Waals surface area contributed by atoms with E-state index in [1.807, 2.05) is 6.07 Å². The number of nitrogens with zero attached hydrogens (tertiary/aromatic N) is 2. The van der Waals surface area contributed by atoms with Crippen LogP contribution in [-0.4, -0.2) is 35.4 Å². The molecule has 2 aromatic carbocycles. The lowest BCUT2D eigenvalue weighted by Gasteiger charge is -2.26. The van der Waals surface area contributed by atoms with Gasteiger partial charge in [-0.2, -0.15) is 9.40 Å². The fourth-order valence-corrected chi connectivity index (χ4v) is 4.76. The maximum absolute atomic E-state index is 13.1. The number of carbonyl (C=O) groups is 1. The van der Waals surface area contributed by atoms with Crippen molar-refractivity contribution < 1.29 is 17.6 Å². The van der Waals surface area contributed by atoms with Gasteiger partial charge in [0.1, 0.15) is 5.82 Å². The first-order valence-corrected chi connectivity index (χ1v) is 10.7. The highest BCUT2D eigenvalue weighted by molar-refractivity contribution is 7.88. The molecule has 2 N–H and O–H groups in total. The average Bonchev–Trinajstić information content (AvgIpc) is 3.11. The minimum absolute atomic E-state index is 0.0850. The molecule has 1 amide bonds. The van der Waals surface area contributed by atoms with Gasteiger partial charge in [0.25, 0.3) is 5.91 Å².